The molecule has 2 rings (SSSR count). The second-order valence-corrected chi connectivity index (χ2v) is 5.31. The van der Waals surface area contributed by atoms with Gasteiger partial charge < -0.3 is 11.1 Å². The van der Waals surface area contributed by atoms with Crippen LogP contribution >= 0.6 is 0 Å². The molecule has 4 N–H and O–H groups in total. The molecular weight excluding hydrogens is 232 g/mol. The molecule has 1 saturated carbocycles. The smallest absolute Gasteiger partial charge is 0.318 e. The Hall–Kier alpha value is -1.14. The summed E-state index contributed by atoms with van der Waals surface area (Å²) in [6.45, 7) is 3.21. The summed E-state index contributed by atoms with van der Waals surface area (Å²) in [7, 11) is 0. The SMILES string of the molecule is NC(=O)NC(=O)CN1CCC(CNC2CC2)CC1. The van der Waals surface area contributed by atoms with Gasteiger partial charge in [0.15, 0.2) is 0 Å². The quantitative estimate of drug-likeness (QED) is 0.625. The Morgan fingerprint density at radius 3 is 2.39 bits per heavy atom. The molecule has 0 aromatic rings. The predicted molar refractivity (Wildman–Crippen MR) is 67.9 cm³/mol. The second kappa shape index (κ2) is 6.15. The molecule has 0 aromatic carbocycles. The van der Waals surface area contributed by atoms with Crippen LogP contribution in [0.4, 0.5) is 4.79 Å². The van der Waals surface area contributed by atoms with E-state index in [2.05, 4.69) is 15.5 Å². The molecule has 0 unspecified atom stereocenters. The van der Waals surface area contributed by atoms with Crippen molar-refractivity contribution in [1.82, 2.24) is 15.5 Å². The molecule has 0 aromatic heterocycles. The van der Waals surface area contributed by atoms with Crippen LogP contribution in [0.2, 0.25) is 0 Å². The van der Waals surface area contributed by atoms with E-state index < -0.39 is 6.03 Å². The summed E-state index contributed by atoms with van der Waals surface area (Å²) < 4.78 is 0. The molecule has 2 aliphatic rings. The zero-order valence-electron chi connectivity index (χ0n) is 10.7. The number of nitrogens with zero attached hydrogens (tertiary/aromatic N) is 1. The maximum atomic E-state index is 11.4. The van der Waals surface area contributed by atoms with E-state index in [1.54, 1.807) is 0 Å². The molecule has 2 fully saturated rings. The number of piperidine rings is 1. The number of primary amides is 1. The molecule has 0 bridgehead atoms. The topological polar surface area (TPSA) is 87.5 Å². The summed E-state index contributed by atoms with van der Waals surface area (Å²) in [5.74, 6) is 0.415. The number of carbonyl (C=O) groups excluding carboxylic acids is 2. The van der Waals surface area contributed by atoms with Crippen molar-refractivity contribution >= 4 is 11.9 Å². The van der Waals surface area contributed by atoms with Crippen molar-refractivity contribution < 1.29 is 9.59 Å². The van der Waals surface area contributed by atoms with E-state index in [9.17, 15) is 9.59 Å². The lowest BCUT2D eigenvalue weighted by molar-refractivity contribution is -0.121. The summed E-state index contributed by atoms with van der Waals surface area (Å²) in [6, 6.07) is -0.00658. The van der Waals surface area contributed by atoms with Crippen molar-refractivity contribution in [2.45, 2.75) is 31.7 Å². The summed E-state index contributed by atoms with van der Waals surface area (Å²) in [5.41, 5.74) is 4.90. The molecule has 1 aliphatic heterocycles. The van der Waals surface area contributed by atoms with E-state index in [0.717, 1.165) is 44.4 Å². The monoisotopic (exact) mass is 254 g/mol. The Kier molecular flexibility index (Phi) is 4.54. The zero-order valence-corrected chi connectivity index (χ0v) is 10.7. The van der Waals surface area contributed by atoms with E-state index in [4.69, 9.17) is 5.73 Å². The third kappa shape index (κ3) is 4.62. The fourth-order valence-corrected chi connectivity index (χ4v) is 2.35. The minimum absolute atomic E-state index is 0.270. The highest BCUT2D eigenvalue weighted by Crippen LogP contribution is 2.21. The largest absolute Gasteiger partial charge is 0.351 e. The van der Waals surface area contributed by atoms with Crippen molar-refractivity contribution in [3.8, 4) is 0 Å². The Balaban J connectivity index is 1.60. The van der Waals surface area contributed by atoms with Gasteiger partial charge in [-0.05, 0) is 51.2 Å². The molecule has 18 heavy (non-hydrogen) atoms. The standard InChI is InChI=1S/C12H22N4O2/c13-12(18)15-11(17)8-16-5-3-9(4-6-16)7-14-10-1-2-10/h9-10,14H,1-8H2,(H3,13,15,17,18). The van der Waals surface area contributed by atoms with Crippen LogP contribution in [0.1, 0.15) is 25.7 Å². The van der Waals surface area contributed by atoms with Crippen LogP contribution in [0, 0.1) is 5.92 Å². The number of carbonyl (C=O) groups is 2. The predicted octanol–water partition coefficient (Wildman–Crippen LogP) is -0.355. The summed E-state index contributed by atoms with van der Waals surface area (Å²) >= 11 is 0. The van der Waals surface area contributed by atoms with Crippen LogP contribution in [0.15, 0.2) is 0 Å². The van der Waals surface area contributed by atoms with Crippen molar-refractivity contribution in [1.29, 1.82) is 0 Å². The summed E-state index contributed by atoms with van der Waals surface area (Å²) in [5, 5.41) is 5.64. The third-order valence-corrected chi connectivity index (χ3v) is 3.61. The van der Waals surface area contributed by atoms with Crippen molar-refractivity contribution in [3.05, 3.63) is 0 Å². The molecule has 0 radical (unpaired) electrons. The van der Waals surface area contributed by atoms with Crippen LogP contribution in [0.5, 0.6) is 0 Å². The highest BCUT2D eigenvalue weighted by atomic mass is 16.2. The highest BCUT2D eigenvalue weighted by Gasteiger charge is 2.24. The van der Waals surface area contributed by atoms with Crippen molar-refractivity contribution in [2.24, 2.45) is 11.7 Å². The summed E-state index contributed by atoms with van der Waals surface area (Å²) in [6.07, 6.45) is 4.88. The van der Waals surface area contributed by atoms with Crippen LogP contribution in [0.3, 0.4) is 0 Å². The number of hydrogen-bond donors (Lipinski definition) is 3. The lowest BCUT2D eigenvalue weighted by Crippen LogP contribution is -2.45. The highest BCUT2D eigenvalue weighted by molar-refractivity contribution is 5.94. The number of imide groups is 1. The molecule has 3 amide bonds. The second-order valence-electron chi connectivity index (χ2n) is 5.31. The molecular formula is C12H22N4O2. The van der Waals surface area contributed by atoms with E-state index in [1.807, 2.05) is 0 Å². The molecule has 1 aliphatic carbocycles. The number of likely N-dealkylation sites (tertiary alicyclic amines) is 1. The first-order valence-electron chi connectivity index (χ1n) is 6.68. The Bertz CT molecular complexity index is 309. The van der Waals surface area contributed by atoms with Gasteiger partial charge in [0, 0.05) is 6.04 Å². The molecule has 6 nitrogen and oxygen atoms in total. The van der Waals surface area contributed by atoms with E-state index in [-0.39, 0.29) is 12.5 Å². The van der Waals surface area contributed by atoms with Gasteiger partial charge in [0.1, 0.15) is 0 Å². The van der Waals surface area contributed by atoms with Crippen LogP contribution in [0.25, 0.3) is 0 Å². The average Bonchev–Trinajstić information content (AvgIpc) is 3.11. The molecule has 1 saturated heterocycles. The van der Waals surface area contributed by atoms with E-state index in [0.29, 0.717) is 0 Å². The molecule has 102 valence electrons. The fraction of sp³-hybridized carbons (Fsp3) is 0.833. The normalized spacial score (nSPS) is 21.8. The Labute approximate surface area is 107 Å². The number of nitrogens with one attached hydrogen (secondary N) is 2. The van der Waals surface area contributed by atoms with Crippen molar-refractivity contribution in [3.63, 3.8) is 0 Å². The van der Waals surface area contributed by atoms with Gasteiger partial charge in [0.25, 0.3) is 0 Å². The number of amides is 3. The number of hydrogen-bond acceptors (Lipinski definition) is 4. The van der Waals surface area contributed by atoms with Crippen molar-refractivity contribution in [2.75, 3.05) is 26.2 Å². The third-order valence-electron chi connectivity index (χ3n) is 3.61. The number of nitrogens with two attached hydrogens (primary N) is 1. The first-order chi connectivity index (χ1) is 8.63. The maximum absolute atomic E-state index is 11.4. The first kappa shape index (κ1) is 13.3. The maximum Gasteiger partial charge on any atom is 0.318 e. The Morgan fingerprint density at radius 2 is 1.83 bits per heavy atom. The van der Waals surface area contributed by atoms with E-state index in [1.165, 1.54) is 12.8 Å². The molecule has 1 heterocycles. The lowest BCUT2D eigenvalue weighted by atomic mass is 9.97. The van der Waals surface area contributed by atoms with Gasteiger partial charge in [-0.2, -0.15) is 0 Å². The lowest BCUT2D eigenvalue weighted by Gasteiger charge is -2.31. The molecule has 6 heteroatoms. The van der Waals surface area contributed by atoms with Gasteiger partial charge in [-0.15, -0.1) is 0 Å². The molecule has 0 atom stereocenters. The average molecular weight is 254 g/mol. The van der Waals surface area contributed by atoms with Gasteiger partial charge in [-0.25, -0.2) is 4.79 Å². The number of rotatable bonds is 5. The first-order valence-corrected chi connectivity index (χ1v) is 6.68. The van der Waals surface area contributed by atoms with Gasteiger partial charge in [0.2, 0.25) is 5.91 Å². The van der Waals surface area contributed by atoms with Gasteiger partial charge in [-0.3, -0.25) is 15.0 Å². The van der Waals surface area contributed by atoms with Gasteiger partial charge in [0.05, 0.1) is 6.54 Å². The van der Waals surface area contributed by atoms with Gasteiger partial charge >= 0.3 is 6.03 Å². The van der Waals surface area contributed by atoms with Crippen LogP contribution in [-0.2, 0) is 4.79 Å². The van der Waals surface area contributed by atoms with Crippen LogP contribution < -0.4 is 16.4 Å². The molecule has 0 spiro atoms. The minimum Gasteiger partial charge on any atom is -0.351 e. The van der Waals surface area contributed by atoms with Crippen LogP contribution in [-0.4, -0.2) is 49.1 Å². The van der Waals surface area contributed by atoms with Gasteiger partial charge in [-0.1, -0.05) is 0 Å². The number of urea groups is 1. The summed E-state index contributed by atoms with van der Waals surface area (Å²) in [4.78, 5) is 24.0. The van der Waals surface area contributed by atoms with E-state index >= 15 is 0 Å². The Morgan fingerprint density at radius 1 is 1.17 bits per heavy atom. The minimum atomic E-state index is -0.775. The zero-order chi connectivity index (χ0) is 13.0. The fourth-order valence-electron chi connectivity index (χ4n) is 2.35.